The number of carbonyl (C=O) groups excluding carboxylic acids is 1. The maximum atomic E-state index is 12.6. The summed E-state index contributed by atoms with van der Waals surface area (Å²) in [5.41, 5.74) is -0.306. The minimum Gasteiger partial charge on any atom is -0.381 e. The van der Waals surface area contributed by atoms with Crippen molar-refractivity contribution in [1.29, 1.82) is 0 Å². The predicted octanol–water partition coefficient (Wildman–Crippen LogP) is 2.62. The number of hydrogen-bond donors (Lipinski definition) is 2. The second-order valence-corrected chi connectivity index (χ2v) is 7.68. The molecule has 2 rings (SSSR count). The highest BCUT2D eigenvalue weighted by Crippen LogP contribution is 2.39. The number of nitrogens with zero attached hydrogens (tertiary/aromatic N) is 2. The number of ether oxygens (including phenoxy) is 1. The Hall–Kier alpha value is -0.570. The van der Waals surface area contributed by atoms with E-state index in [1.807, 2.05) is 14.1 Å². The molecule has 2 saturated carbocycles. The Morgan fingerprint density at radius 2 is 1.92 bits per heavy atom. The first-order chi connectivity index (χ1) is 12.1. The molecule has 0 bridgehead atoms. The van der Waals surface area contributed by atoms with Crippen molar-refractivity contribution in [2.45, 2.75) is 51.9 Å². The smallest absolute Gasteiger partial charge is 0.230 e. The van der Waals surface area contributed by atoms with E-state index >= 15 is 0 Å². The van der Waals surface area contributed by atoms with Gasteiger partial charge in [0.2, 0.25) is 5.91 Å². The van der Waals surface area contributed by atoms with Gasteiger partial charge in [-0.25, -0.2) is 0 Å². The molecule has 0 aliphatic heterocycles. The highest BCUT2D eigenvalue weighted by molar-refractivity contribution is 14.0. The van der Waals surface area contributed by atoms with Gasteiger partial charge in [0, 0.05) is 40.4 Å². The molecule has 152 valence electrons. The van der Waals surface area contributed by atoms with Crippen LogP contribution in [0.3, 0.4) is 0 Å². The van der Waals surface area contributed by atoms with E-state index in [4.69, 9.17) is 9.73 Å². The molecule has 2 aliphatic carbocycles. The van der Waals surface area contributed by atoms with E-state index in [0.29, 0.717) is 6.54 Å². The second kappa shape index (κ2) is 12.0. The molecule has 1 amide bonds. The van der Waals surface area contributed by atoms with Crippen LogP contribution in [0.1, 0.15) is 51.9 Å². The number of carbonyl (C=O) groups is 1. The topological polar surface area (TPSA) is 66.0 Å². The minimum absolute atomic E-state index is 0. The molecule has 26 heavy (non-hydrogen) atoms. The Labute approximate surface area is 175 Å². The monoisotopic (exact) mass is 480 g/mol. The van der Waals surface area contributed by atoms with Gasteiger partial charge in [0.25, 0.3) is 0 Å². The molecule has 0 unspecified atom stereocenters. The Morgan fingerprint density at radius 1 is 1.23 bits per heavy atom. The molecular weight excluding hydrogens is 443 g/mol. The molecule has 2 N–H and O–H groups in total. The van der Waals surface area contributed by atoms with E-state index in [1.54, 1.807) is 4.90 Å². The van der Waals surface area contributed by atoms with Gasteiger partial charge in [-0.2, -0.15) is 0 Å². The fourth-order valence-corrected chi connectivity index (χ4v) is 3.45. The van der Waals surface area contributed by atoms with Gasteiger partial charge in [-0.15, -0.1) is 24.0 Å². The highest BCUT2D eigenvalue weighted by atomic mass is 127. The van der Waals surface area contributed by atoms with E-state index in [9.17, 15) is 4.79 Å². The summed E-state index contributed by atoms with van der Waals surface area (Å²) >= 11 is 0. The average molecular weight is 480 g/mol. The zero-order valence-electron chi connectivity index (χ0n) is 16.7. The van der Waals surface area contributed by atoms with Gasteiger partial charge in [-0.3, -0.25) is 9.79 Å². The number of hydrogen-bond acceptors (Lipinski definition) is 3. The Morgan fingerprint density at radius 3 is 2.50 bits per heavy atom. The number of nitrogens with one attached hydrogen (secondary N) is 2. The standard InChI is InChI=1S/C19H36N4O2.HI/c1-4-20-18(21-12-7-13-25-14-16-8-9-16)22-15-19(10-5-6-11-19)17(24)23(2)3;/h16H,4-15H2,1-3H3,(H2,20,21,22);1H. The van der Waals surface area contributed by atoms with E-state index in [0.717, 1.165) is 70.3 Å². The average Bonchev–Trinajstić information content (AvgIpc) is 3.30. The summed E-state index contributed by atoms with van der Waals surface area (Å²) in [4.78, 5) is 19.1. The van der Waals surface area contributed by atoms with Crippen LogP contribution in [0.4, 0.5) is 0 Å². The summed E-state index contributed by atoms with van der Waals surface area (Å²) < 4.78 is 5.66. The third kappa shape index (κ3) is 7.58. The summed E-state index contributed by atoms with van der Waals surface area (Å²) in [6.45, 7) is 6.00. The van der Waals surface area contributed by atoms with Gasteiger partial charge in [0.1, 0.15) is 0 Å². The van der Waals surface area contributed by atoms with Crippen LogP contribution in [0.15, 0.2) is 4.99 Å². The maximum Gasteiger partial charge on any atom is 0.230 e. The van der Waals surface area contributed by atoms with Crippen molar-refractivity contribution in [3.63, 3.8) is 0 Å². The third-order valence-electron chi connectivity index (χ3n) is 5.11. The summed E-state index contributed by atoms with van der Waals surface area (Å²) in [5.74, 6) is 1.85. The third-order valence-corrected chi connectivity index (χ3v) is 5.11. The van der Waals surface area contributed by atoms with Gasteiger partial charge in [0.05, 0.1) is 12.0 Å². The summed E-state index contributed by atoms with van der Waals surface area (Å²) in [5, 5.41) is 6.65. The maximum absolute atomic E-state index is 12.6. The van der Waals surface area contributed by atoms with Gasteiger partial charge >= 0.3 is 0 Å². The first-order valence-electron chi connectivity index (χ1n) is 9.89. The quantitative estimate of drug-likeness (QED) is 0.218. The lowest BCUT2D eigenvalue weighted by Crippen LogP contribution is -2.43. The van der Waals surface area contributed by atoms with Crippen molar-refractivity contribution in [2.24, 2.45) is 16.3 Å². The van der Waals surface area contributed by atoms with E-state index in [1.165, 1.54) is 12.8 Å². The molecule has 0 aromatic heterocycles. The molecule has 7 heteroatoms. The van der Waals surface area contributed by atoms with E-state index in [-0.39, 0.29) is 35.3 Å². The molecule has 0 radical (unpaired) electrons. The van der Waals surface area contributed by atoms with Crippen LogP contribution in [0.25, 0.3) is 0 Å². The number of amides is 1. The number of rotatable bonds is 10. The molecule has 6 nitrogen and oxygen atoms in total. The molecule has 0 aromatic carbocycles. The first-order valence-corrected chi connectivity index (χ1v) is 9.89. The van der Waals surface area contributed by atoms with Gasteiger partial charge in [0.15, 0.2) is 5.96 Å². The summed E-state index contributed by atoms with van der Waals surface area (Å²) in [6.07, 6.45) is 7.78. The number of guanidine groups is 1. The lowest BCUT2D eigenvalue weighted by molar-refractivity contribution is -0.138. The predicted molar refractivity (Wildman–Crippen MR) is 117 cm³/mol. The van der Waals surface area contributed by atoms with Crippen molar-refractivity contribution < 1.29 is 9.53 Å². The van der Waals surface area contributed by atoms with Crippen molar-refractivity contribution in [1.82, 2.24) is 15.5 Å². The molecule has 0 saturated heterocycles. The zero-order valence-corrected chi connectivity index (χ0v) is 19.0. The number of halogens is 1. The molecule has 0 aromatic rings. The molecule has 0 spiro atoms. The fourth-order valence-electron chi connectivity index (χ4n) is 3.45. The van der Waals surface area contributed by atoms with Crippen LogP contribution in [-0.4, -0.2) is 63.7 Å². The fraction of sp³-hybridized carbons (Fsp3) is 0.895. The van der Waals surface area contributed by atoms with Crippen molar-refractivity contribution >= 4 is 35.8 Å². The van der Waals surface area contributed by atoms with Gasteiger partial charge in [-0.05, 0) is 44.9 Å². The number of aliphatic imine (C=N–C) groups is 1. The van der Waals surface area contributed by atoms with Crippen LogP contribution in [0.5, 0.6) is 0 Å². The molecular formula is C19H37IN4O2. The minimum atomic E-state index is -0.306. The SMILES string of the molecule is CCNC(=NCC1(C(=O)N(C)C)CCCC1)NCCCOCC1CC1.I. The Kier molecular flexibility index (Phi) is 10.8. The molecule has 0 heterocycles. The van der Waals surface area contributed by atoms with Crippen molar-refractivity contribution in [3.05, 3.63) is 0 Å². The van der Waals surface area contributed by atoms with E-state index in [2.05, 4.69) is 17.6 Å². The van der Waals surface area contributed by atoms with Gasteiger partial charge < -0.3 is 20.3 Å². The lowest BCUT2D eigenvalue weighted by atomic mass is 9.85. The van der Waals surface area contributed by atoms with E-state index < -0.39 is 0 Å². The van der Waals surface area contributed by atoms with Crippen LogP contribution in [0, 0.1) is 11.3 Å². The van der Waals surface area contributed by atoms with Crippen LogP contribution in [-0.2, 0) is 9.53 Å². The zero-order chi connectivity index (χ0) is 18.1. The van der Waals surface area contributed by atoms with Crippen molar-refractivity contribution in [3.8, 4) is 0 Å². The molecule has 0 atom stereocenters. The van der Waals surface area contributed by atoms with Gasteiger partial charge in [-0.1, -0.05) is 12.8 Å². The van der Waals surface area contributed by atoms with Crippen LogP contribution in [0.2, 0.25) is 0 Å². The second-order valence-electron chi connectivity index (χ2n) is 7.68. The van der Waals surface area contributed by atoms with Crippen molar-refractivity contribution in [2.75, 3.05) is 46.9 Å². The first kappa shape index (κ1) is 23.5. The normalized spacial score (nSPS) is 19.0. The summed E-state index contributed by atoms with van der Waals surface area (Å²) in [7, 11) is 3.69. The highest BCUT2D eigenvalue weighted by Gasteiger charge is 2.42. The largest absolute Gasteiger partial charge is 0.381 e. The van der Waals surface area contributed by atoms with Crippen LogP contribution < -0.4 is 10.6 Å². The Bertz CT molecular complexity index is 447. The lowest BCUT2D eigenvalue weighted by Gasteiger charge is -2.29. The Balaban J connectivity index is 0.00000338. The summed E-state index contributed by atoms with van der Waals surface area (Å²) in [6, 6.07) is 0. The molecule has 2 aliphatic rings. The molecule has 2 fully saturated rings. The van der Waals surface area contributed by atoms with Crippen LogP contribution >= 0.6 is 24.0 Å².